The van der Waals surface area contributed by atoms with Gasteiger partial charge in [-0.15, -0.1) is 0 Å². The van der Waals surface area contributed by atoms with E-state index in [-0.39, 0.29) is 11.9 Å². The summed E-state index contributed by atoms with van der Waals surface area (Å²) in [7, 11) is 1.84. The highest BCUT2D eigenvalue weighted by molar-refractivity contribution is 5.95. The lowest BCUT2D eigenvalue weighted by molar-refractivity contribution is 0.0788. The second-order valence-corrected chi connectivity index (χ2v) is 6.92. The van der Waals surface area contributed by atoms with Crippen LogP contribution in [0.15, 0.2) is 36.5 Å². The number of nitrogens with zero attached hydrogens (tertiary/aromatic N) is 3. The zero-order valence-corrected chi connectivity index (χ0v) is 15.8. The van der Waals surface area contributed by atoms with E-state index in [4.69, 9.17) is 5.73 Å². The molecule has 5 nitrogen and oxygen atoms in total. The van der Waals surface area contributed by atoms with Crippen molar-refractivity contribution in [3.8, 4) is 0 Å². The monoisotopic (exact) mass is 342 g/mol. The van der Waals surface area contributed by atoms with Crippen LogP contribution in [0.1, 0.15) is 48.8 Å². The summed E-state index contributed by atoms with van der Waals surface area (Å²) in [4.78, 5) is 14.6. The Kier molecular flexibility index (Phi) is 6.76. The Morgan fingerprint density at radius 2 is 1.96 bits per heavy atom. The molecule has 1 unspecified atom stereocenters. The first-order chi connectivity index (χ1) is 11.9. The fraction of sp³-hybridized carbons (Fsp3) is 0.500. The summed E-state index contributed by atoms with van der Waals surface area (Å²) in [5, 5.41) is 4.45. The fourth-order valence-corrected chi connectivity index (χ4v) is 2.84. The molecule has 0 saturated heterocycles. The minimum absolute atomic E-state index is 0.0205. The highest BCUT2D eigenvalue weighted by Gasteiger charge is 2.20. The van der Waals surface area contributed by atoms with Gasteiger partial charge in [-0.05, 0) is 24.3 Å². The van der Waals surface area contributed by atoms with Gasteiger partial charge in [-0.25, -0.2) is 0 Å². The molecule has 0 aliphatic carbocycles. The van der Waals surface area contributed by atoms with Gasteiger partial charge in [0.05, 0.1) is 24.0 Å². The summed E-state index contributed by atoms with van der Waals surface area (Å²) in [6, 6.07) is 10.3. The highest BCUT2D eigenvalue weighted by Crippen LogP contribution is 2.15. The maximum Gasteiger partial charge on any atom is 0.257 e. The maximum atomic E-state index is 12.8. The van der Waals surface area contributed by atoms with Crippen molar-refractivity contribution in [2.45, 2.75) is 46.2 Å². The molecular weight excluding hydrogens is 312 g/mol. The van der Waals surface area contributed by atoms with Crippen LogP contribution in [0, 0.1) is 5.92 Å². The van der Waals surface area contributed by atoms with E-state index >= 15 is 0 Å². The topological polar surface area (TPSA) is 64.2 Å². The van der Waals surface area contributed by atoms with Gasteiger partial charge in [0.25, 0.3) is 5.91 Å². The number of hydrogen-bond acceptors (Lipinski definition) is 3. The van der Waals surface area contributed by atoms with Crippen molar-refractivity contribution in [2.24, 2.45) is 11.7 Å². The highest BCUT2D eigenvalue weighted by atomic mass is 16.2. The van der Waals surface area contributed by atoms with Gasteiger partial charge in [-0.1, -0.05) is 51.1 Å². The standard InChI is InChI=1S/C20H30N4O/c1-5-19-17(20(25)23(4)12-11-18(21)15(2)3)13-22-24(19)14-16-9-7-6-8-10-16/h6-10,13,15,18H,5,11-12,14,21H2,1-4H3. The van der Waals surface area contributed by atoms with E-state index in [0.717, 1.165) is 18.5 Å². The Morgan fingerprint density at radius 3 is 2.56 bits per heavy atom. The lowest BCUT2D eigenvalue weighted by atomic mass is 10.0. The molecule has 0 aliphatic rings. The average Bonchev–Trinajstić information content (AvgIpc) is 3.01. The third-order valence-electron chi connectivity index (χ3n) is 4.69. The van der Waals surface area contributed by atoms with Crippen LogP contribution in [-0.2, 0) is 13.0 Å². The molecule has 5 heteroatoms. The molecule has 1 atom stereocenters. The van der Waals surface area contributed by atoms with Crippen molar-refractivity contribution < 1.29 is 4.79 Å². The first-order valence-electron chi connectivity index (χ1n) is 9.03. The quantitative estimate of drug-likeness (QED) is 0.802. The number of aromatic nitrogens is 2. The predicted octanol–water partition coefficient (Wildman–Crippen LogP) is 2.94. The van der Waals surface area contributed by atoms with Crippen LogP contribution in [0.3, 0.4) is 0 Å². The zero-order valence-electron chi connectivity index (χ0n) is 15.8. The molecule has 1 amide bonds. The van der Waals surface area contributed by atoms with Crippen molar-refractivity contribution in [1.29, 1.82) is 0 Å². The van der Waals surface area contributed by atoms with Gasteiger partial charge in [-0.2, -0.15) is 5.10 Å². The Balaban J connectivity index is 2.09. The average molecular weight is 342 g/mol. The summed E-state index contributed by atoms with van der Waals surface area (Å²) in [6.07, 6.45) is 3.27. The van der Waals surface area contributed by atoms with Gasteiger partial charge in [0.15, 0.2) is 0 Å². The van der Waals surface area contributed by atoms with Crippen LogP contribution in [0.2, 0.25) is 0 Å². The number of rotatable bonds is 8. The minimum atomic E-state index is 0.0205. The lowest BCUT2D eigenvalue weighted by Crippen LogP contribution is -2.35. The molecule has 0 radical (unpaired) electrons. The smallest absolute Gasteiger partial charge is 0.257 e. The van der Waals surface area contributed by atoms with E-state index in [0.29, 0.717) is 24.6 Å². The van der Waals surface area contributed by atoms with Crippen LogP contribution in [0.5, 0.6) is 0 Å². The van der Waals surface area contributed by atoms with Gasteiger partial charge in [0.1, 0.15) is 0 Å². The molecule has 1 aromatic carbocycles. The van der Waals surface area contributed by atoms with Crippen molar-refractivity contribution in [2.75, 3.05) is 13.6 Å². The Bertz CT molecular complexity index is 678. The summed E-state index contributed by atoms with van der Waals surface area (Å²) in [5.74, 6) is 0.440. The normalized spacial score (nSPS) is 12.4. The molecule has 2 rings (SSSR count). The molecule has 1 aromatic heterocycles. The second-order valence-electron chi connectivity index (χ2n) is 6.92. The number of nitrogens with two attached hydrogens (primary N) is 1. The van der Waals surface area contributed by atoms with Crippen molar-refractivity contribution in [3.63, 3.8) is 0 Å². The number of amides is 1. The van der Waals surface area contributed by atoms with Gasteiger partial charge >= 0.3 is 0 Å². The van der Waals surface area contributed by atoms with Gasteiger partial charge in [0, 0.05) is 19.6 Å². The predicted molar refractivity (Wildman–Crippen MR) is 102 cm³/mol. The third-order valence-corrected chi connectivity index (χ3v) is 4.69. The van der Waals surface area contributed by atoms with Crippen molar-refractivity contribution >= 4 is 5.91 Å². The van der Waals surface area contributed by atoms with E-state index < -0.39 is 0 Å². The van der Waals surface area contributed by atoms with E-state index in [9.17, 15) is 4.79 Å². The maximum absolute atomic E-state index is 12.8. The molecule has 0 aliphatic heterocycles. The molecule has 0 spiro atoms. The first-order valence-corrected chi connectivity index (χ1v) is 9.03. The second kappa shape index (κ2) is 8.81. The number of benzene rings is 1. The Hall–Kier alpha value is -2.14. The summed E-state index contributed by atoms with van der Waals surface area (Å²) in [6.45, 7) is 7.61. The zero-order chi connectivity index (χ0) is 18.4. The van der Waals surface area contributed by atoms with Crippen LogP contribution < -0.4 is 5.73 Å². The van der Waals surface area contributed by atoms with Gasteiger partial charge < -0.3 is 10.6 Å². The van der Waals surface area contributed by atoms with Crippen LogP contribution in [-0.4, -0.2) is 40.2 Å². The summed E-state index contributed by atoms with van der Waals surface area (Å²) < 4.78 is 1.93. The molecule has 1 heterocycles. The molecule has 0 bridgehead atoms. The first kappa shape index (κ1) is 19.2. The number of carbonyl (C=O) groups excluding carboxylic acids is 1. The SMILES string of the molecule is CCc1c(C(=O)N(C)CCC(N)C(C)C)cnn1Cc1ccccc1. The number of hydrogen-bond donors (Lipinski definition) is 1. The molecule has 0 fully saturated rings. The number of carbonyl (C=O) groups is 1. The molecule has 136 valence electrons. The summed E-state index contributed by atoms with van der Waals surface area (Å²) in [5.41, 5.74) is 8.95. The largest absolute Gasteiger partial charge is 0.342 e. The molecule has 0 saturated carbocycles. The van der Waals surface area contributed by atoms with Crippen molar-refractivity contribution in [3.05, 3.63) is 53.3 Å². The van der Waals surface area contributed by atoms with Gasteiger partial charge in [-0.3, -0.25) is 9.48 Å². The minimum Gasteiger partial charge on any atom is -0.342 e. The molecule has 2 aromatic rings. The van der Waals surface area contributed by atoms with Crippen molar-refractivity contribution in [1.82, 2.24) is 14.7 Å². The fourth-order valence-electron chi connectivity index (χ4n) is 2.84. The van der Waals surface area contributed by atoms with Crippen LogP contribution in [0.4, 0.5) is 0 Å². The lowest BCUT2D eigenvalue weighted by Gasteiger charge is -2.21. The van der Waals surface area contributed by atoms with E-state index in [1.165, 1.54) is 5.56 Å². The molecule has 25 heavy (non-hydrogen) atoms. The Morgan fingerprint density at radius 1 is 1.28 bits per heavy atom. The molecular formula is C20H30N4O. The van der Waals surface area contributed by atoms with Gasteiger partial charge in [0.2, 0.25) is 0 Å². The van der Waals surface area contributed by atoms with Crippen LogP contribution >= 0.6 is 0 Å². The van der Waals surface area contributed by atoms with Crippen LogP contribution in [0.25, 0.3) is 0 Å². The summed E-state index contributed by atoms with van der Waals surface area (Å²) >= 11 is 0. The van der Waals surface area contributed by atoms with E-state index in [1.807, 2.05) is 29.9 Å². The molecule has 2 N–H and O–H groups in total. The third kappa shape index (κ3) is 4.92. The van der Waals surface area contributed by atoms with E-state index in [2.05, 4.69) is 38.0 Å². The van der Waals surface area contributed by atoms with E-state index in [1.54, 1.807) is 11.1 Å². The Labute approximate surface area is 150 Å².